The molecule has 0 saturated heterocycles. The van der Waals surface area contributed by atoms with Crippen LogP contribution >= 0.6 is 11.3 Å². The predicted octanol–water partition coefficient (Wildman–Crippen LogP) is 3.60. The Kier molecular flexibility index (Phi) is 4.53. The summed E-state index contributed by atoms with van der Waals surface area (Å²) in [6, 6.07) is 2.09. The molecule has 1 N–H and O–H groups in total. The van der Waals surface area contributed by atoms with Gasteiger partial charge in [0.2, 0.25) is 0 Å². The number of methoxy groups -OCH3 is 1. The molecule has 0 aliphatic rings. The lowest BCUT2D eigenvalue weighted by Gasteiger charge is -2.24. The van der Waals surface area contributed by atoms with Gasteiger partial charge < -0.3 is 9.84 Å². The van der Waals surface area contributed by atoms with Crippen LogP contribution in [0, 0.1) is 13.8 Å². The highest BCUT2D eigenvalue weighted by atomic mass is 32.1. The topological polar surface area (TPSA) is 29.5 Å². The van der Waals surface area contributed by atoms with Crippen molar-refractivity contribution in [1.29, 1.82) is 0 Å². The van der Waals surface area contributed by atoms with E-state index in [1.807, 2.05) is 13.8 Å². The number of ether oxygens (including phenoxy) is 1. The summed E-state index contributed by atoms with van der Waals surface area (Å²) in [7, 11) is 1.71. The van der Waals surface area contributed by atoms with Crippen molar-refractivity contribution in [3.05, 3.63) is 21.4 Å². The Morgan fingerprint density at radius 2 is 2.06 bits per heavy atom. The van der Waals surface area contributed by atoms with Gasteiger partial charge in [-0.25, -0.2) is 0 Å². The van der Waals surface area contributed by atoms with Crippen LogP contribution in [-0.2, 0) is 4.74 Å². The fourth-order valence-corrected chi connectivity index (χ4v) is 2.70. The molecular formula is C13H22O2S. The summed E-state index contributed by atoms with van der Waals surface area (Å²) < 4.78 is 5.35. The fraction of sp³-hybridized carbons (Fsp3) is 0.692. The third-order valence-electron chi connectivity index (χ3n) is 3.01. The fourth-order valence-electron chi connectivity index (χ4n) is 1.72. The van der Waals surface area contributed by atoms with Gasteiger partial charge in [-0.15, -0.1) is 11.3 Å². The first-order valence-electron chi connectivity index (χ1n) is 5.66. The van der Waals surface area contributed by atoms with E-state index in [0.29, 0.717) is 0 Å². The lowest BCUT2D eigenvalue weighted by atomic mass is 9.97. The molecule has 0 aromatic carbocycles. The van der Waals surface area contributed by atoms with E-state index in [1.54, 1.807) is 18.4 Å². The Bertz CT molecular complexity index is 342. The molecule has 2 nitrogen and oxygen atoms in total. The van der Waals surface area contributed by atoms with E-state index >= 15 is 0 Å². The van der Waals surface area contributed by atoms with E-state index in [-0.39, 0.29) is 11.7 Å². The second kappa shape index (κ2) is 5.30. The van der Waals surface area contributed by atoms with E-state index < -0.39 is 0 Å². The van der Waals surface area contributed by atoms with Gasteiger partial charge in [-0.2, -0.15) is 0 Å². The largest absolute Gasteiger partial charge is 0.388 e. The van der Waals surface area contributed by atoms with Crippen molar-refractivity contribution in [1.82, 2.24) is 0 Å². The maximum absolute atomic E-state index is 10.1. The number of aliphatic hydroxyl groups is 1. The van der Waals surface area contributed by atoms with Gasteiger partial charge in [-0.05, 0) is 52.2 Å². The van der Waals surface area contributed by atoms with Crippen LogP contribution < -0.4 is 0 Å². The van der Waals surface area contributed by atoms with E-state index in [4.69, 9.17) is 4.74 Å². The zero-order valence-corrected chi connectivity index (χ0v) is 11.6. The number of hydrogen-bond acceptors (Lipinski definition) is 3. The monoisotopic (exact) mass is 242 g/mol. The summed E-state index contributed by atoms with van der Waals surface area (Å²) in [6.45, 7) is 8.24. The lowest BCUT2D eigenvalue weighted by Crippen LogP contribution is -2.23. The van der Waals surface area contributed by atoms with Gasteiger partial charge >= 0.3 is 0 Å². The highest BCUT2D eigenvalue weighted by Gasteiger charge is 2.20. The van der Waals surface area contributed by atoms with Gasteiger partial charge in [0.15, 0.2) is 0 Å². The first kappa shape index (κ1) is 13.7. The van der Waals surface area contributed by atoms with Crippen LogP contribution in [0.3, 0.4) is 0 Å². The lowest BCUT2D eigenvalue weighted by molar-refractivity contribution is 0.00277. The molecule has 0 aliphatic carbocycles. The summed E-state index contributed by atoms with van der Waals surface area (Å²) in [4.78, 5) is 2.48. The van der Waals surface area contributed by atoms with Crippen molar-refractivity contribution in [3.8, 4) is 0 Å². The molecule has 1 aromatic rings. The van der Waals surface area contributed by atoms with Crippen LogP contribution in [0.1, 0.15) is 48.1 Å². The molecule has 1 heterocycles. The Labute approximate surface area is 102 Å². The SMILES string of the molecule is COC(C)(C)CCC(O)c1cc(C)sc1C. The number of aliphatic hydroxyl groups excluding tert-OH is 1. The van der Waals surface area contributed by atoms with Crippen molar-refractivity contribution < 1.29 is 9.84 Å². The van der Waals surface area contributed by atoms with Gasteiger partial charge in [0, 0.05) is 16.9 Å². The van der Waals surface area contributed by atoms with Crippen molar-refractivity contribution >= 4 is 11.3 Å². The molecular weight excluding hydrogens is 220 g/mol. The van der Waals surface area contributed by atoms with Crippen LogP contribution in [0.5, 0.6) is 0 Å². The molecule has 92 valence electrons. The second-order valence-electron chi connectivity index (χ2n) is 4.89. The average molecular weight is 242 g/mol. The average Bonchev–Trinajstić information content (AvgIpc) is 2.54. The molecule has 0 radical (unpaired) electrons. The zero-order valence-electron chi connectivity index (χ0n) is 10.8. The third kappa shape index (κ3) is 3.58. The van der Waals surface area contributed by atoms with E-state index in [9.17, 15) is 5.11 Å². The summed E-state index contributed by atoms with van der Waals surface area (Å²) in [5.74, 6) is 0. The maximum atomic E-state index is 10.1. The van der Waals surface area contributed by atoms with Crippen molar-refractivity contribution in [2.45, 2.75) is 52.2 Å². The molecule has 1 aromatic heterocycles. The number of hydrogen-bond donors (Lipinski definition) is 1. The Hall–Kier alpha value is -0.380. The smallest absolute Gasteiger partial charge is 0.0801 e. The van der Waals surface area contributed by atoms with Crippen LogP contribution in [0.15, 0.2) is 6.07 Å². The number of thiophene rings is 1. The molecule has 0 bridgehead atoms. The normalized spacial score (nSPS) is 14.1. The molecule has 16 heavy (non-hydrogen) atoms. The third-order valence-corrected chi connectivity index (χ3v) is 3.99. The summed E-state index contributed by atoms with van der Waals surface area (Å²) in [5.41, 5.74) is 0.925. The minimum atomic E-state index is -0.362. The Morgan fingerprint density at radius 1 is 1.44 bits per heavy atom. The molecule has 0 amide bonds. The molecule has 0 aliphatic heterocycles. The van der Waals surface area contributed by atoms with Gasteiger partial charge in [0.25, 0.3) is 0 Å². The predicted molar refractivity (Wildman–Crippen MR) is 69.1 cm³/mol. The minimum Gasteiger partial charge on any atom is -0.388 e. The molecule has 0 saturated carbocycles. The summed E-state index contributed by atoms with van der Waals surface area (Å²) in [6.07, 6.45) is 1.25. The standard InChI is InChI=1S/C13H22O2S/c1-9-8-11(10(2)16-9)12(14)6-7-13(3,4)15-5/h8,12,14H,6-7H2,1-5H3. The van der Waals surface area contributed by atoms with Crippen LogP contribution in [-0.4, -0.2) is 17.8 Å². The Morgan fingerprint density at radius 3 is 2.50 bits per heavy atom. The van der Waals surface area contributed by atoms with Crippen molar-refractivity contribution in [2.75, 3.05) is 7.11 Å². The molecule has 0 spiro atoms. The second-order valence-corrected chi connectivity index (χ2v) is 6.35. The van der Waals surface area contributed by atoms with Crippen LogP contribution in [0.4, 0.5) is 0 Å². The molecule has 3 heteroatoms. The molecule has 1 atom stereocenters. The minimum absolute atomic E-state index is 0.153. The van der Waals surface area contributed by atoms with Gasteiger partial charge in [0.05, 0.1) is 11.7 Å². The molecule has 0 fully saturated rings. The van der Waals surface area contributed by atoms with Gasteiger partial charge in [0.1, 0.15) is 0 Å². The first-order chi connectivity index (χ1) is 7.35. The van der Waals surface area contributed by atoms with Gasteiger partial charge in [-0.1, -0.05) is 0 Å². The highest BCUT2D eigenvalue weighted by Crippen LogP contribution is 2.30. The van der Waals surface area contributed by atoms with Gasteiger partial charge in [-0.3, -0.25) is 0 Å². The summed E-state index contributed by atoms with van der Waals surface area (Å²) >= 11 is 1.75. The van der Waals surface area contributed by atoms with Crippen LogP contribution in [0.2, 0.25) is 0 Å². The molecule has 1 rings (SSSR count). The summed E-state index contributed by atoms with van der Waals surface area (Å²) in [5, 5.41) is 10.1. The number of aryl methyl sites for hydroxylation is 2. The van der Waals surface area contributed by atoms with E-state index in [1.165, 1.54) is 9.75 Å². The molecule has 1 unspecified atom stereocenters. The van der Waals surface area contributed by atoms with E-state index in [2.05, 4.69) is 19.9 Å². The quantitative estimate of drug-likeness (QED) is 0.854. The first-order valence-corrected chi connectivity index (χ1v) is 6.47. The maximum Gasteiger partial charge on any atom is 0.0801 e. The number of rotatable bonds is 5. The van der Waals surface area contributed by atoms with Crippen molar-refractivity contribution in [3.63, 3.8) is 0 Å². The van der Waals surface area contributed by atoms with E-state index in [0.717, 1.165) is 18.4 Å². The van der Waals surface area contributed by atoms with Crippen molar-refractivity contribution in [2.24, 2.45) is 0 Å². The van der Waals surface area contributed by atoms with Crippen LogP contribution in [0.25, 0.3) is 0 Å². The highest BCUT2D eigenvalue weighted by molar-refractivity contribution is 7.12. The zero-order chi connectivity index (χ0) is 12.3. The Balaban J connectivity index is 2.59.